The molecule has 1 aromatic carbocycles. The minimum Gasteiger partial charge on any atom is -0.319 e. The van der Waals surface area contributed by atoms with Gasteiger partial charge in [-0.3, -0.25) is 4.68 Å². The molecule has 2 rings (SSSR count). The lowest BCUT2D eigenvalue weighted by molar-refractivity contribution is 0.673. The second-order valence-electron chi connectivity index (χ2n) is 3.38. The molecule has 1 atom stereocenters. The Morgan fingerprint density at radius 2 is 2.07 bits per heavy atom. The number of benzene rings is 1. The lowest BCUT2D eigenvalue weighted by Gasteiger charge is -2.13. The van der Waals surface area contributed by atoms with E-state index in [-0.39, 0.29) is 6.04 Å². The topological polar surface area (TPSA) is 43.8 Å². The third-order valence-electron chi connectivity index (χ3n) is 2.42. The van der Waals surface area contributed by atoms with Crippen LogP contribution in [-0.2, 0) is 7.05 Å². The quantitative estimate of drug-likeness (QED) is 0.844. The van der Waals surface area contributed by atoms with E-state index in [1.54, 1.807) is 10.9 Å². The van der Waals surface area contributed by atoms with Crippen LogP contribution in [-0.4, -0.2) is 9.78 Å². The van der Waals surface area contributed by atoms with Gasteiger partial charge in [-0.05, 0) is 17.7 Å². The molecule has 1 unspecified atom stereocenters. The van der Waals surface area contributed by atoms with Gasteiger partial charge in [-0.15, -0.1) is 0 Å². The second-order valence-corrected chi connectivity index (χ2v) is 3.79. The van der Waals surface area contributed by atoms with E-state index in [2.05, 4.69) is 5.10 Å². The highest BCUT2D eigenvalue weighted by atomic mass is 35.5. The summed E-state index contributed by atoms with van der Waals surface area (Å²) in [5.41, 5.74) is 7.98. The van der Waals surface area contributed by atoms with Crippen molar-refractivity contribution in [3.05, 3.63) is 52.8 Å². The summed E-state index contributed by atoms with van der Waals surface area (Å²) in [5, 5.41) is 4.77. The molecular formula is C11H12ClN3. The van der Waals surface area contributed by atoms with Crippen LogP contribution in [0.1, 0.15) is 17.3 Å². The molecule has 0 radical (unpaired) electrons. The van der Waals surface area contributed by atoms with Crippen LogP contribution in [0.4, 0.5) is 0 Å². The van der Waals surface area contributed by atoms with Crippen molar-refractivity contribution in [2.75, 3.05) is 0 Å². The van der Waals surface area contributed by atoms with E-state index in [1.807, 2.05) is 37.4 Å². The number of nitrogens with zero attached hydrogens (tertiary/aromatic N) is 2. The predicted molar refractivity (Wildman–Crippen MR) is 60.7 cm³/mol. The average molecular weight is 222 g/mol. The van der Waals surface area contributed by atoms with Gasteiger partial charge in [0.25, 0.3) is 0 Å². The largest absolute Gasteiger partial charge is 0.319 e. The smallest absolute Gasteiger partial charge is 0.0737 e. The van der Waals surface area contributed by atoms with E-state index in [0.29, 0.717) is 5.02 Å². The predicted octanol–water partition coefficient (Wildman–Crippen LogP) is 2.12. The molecule has 0 bridgehead atoms. The van der Waals surface area contributed by atoms with Crippen LogP contribution in [0.5, 0.6) is 0 Å². The van der Waals surface area contributed by atoms with Crippen molar-refractivity contribution >= 4 is 11.6 Å². The third kappa shape index (κ3) is 1.89. The Morgan fingerprint density at radius 3 is 2.67 bits per heavy atom. The van der Waals surface area contributed by atoms with Crippen LogP contribution >= 0.6 is 11.6 Å². The van der Waals surface area contributed by atoms with Gasteiger partial charge in [-0.25, -0.2) is 0 Å². The van der Waals surface area contributed by atoms with Crippen LogP contribution in [0.15, 0.2) is 36.5 Å². The first kappa shape index (κ1) is 10.2. The minimum absolute atomic E-state index is 0.230. The normalized spacial score (nSPS) is 12.7. The Balaban J connectivity index is 2.41. The van der Waals surface area contributed by atoms with Gasteiger partial charge in [0, 0.05) is 18.3 Å². The lowest BCUT2D eigenvalue weighted by atomic mass is 10.0. The van der Waals surface area contributed by atoms with Crippen LogP contribution in [0, 0.1) is 0 Å². The van der Waals surface area contributed by atoms with E-state index >= 15 is 0 Å². The molecule has 15 heavy (non-hydrogen) atoms. The molecule has 2 N–H and O–H groups in total. The first-order valence-electron chi connectivity index (χ1n) is 4.68. The molecule has 4 heteroatoms. The van der Waals surface area contributed by atoms with E-state index in [4.69, 9.17) is 17.3 Å². The van der Waals surface area contributed by atoms with E-state index in [1.165, 1.54) is 0 Å². The molecule has 3 nitrogen and oxygen atoms in total. The molecule has 2 aromatic rings. The number of aryl methyl sites for hydroxylation is 1. The molecule has 0 saturated heterocycles. The van der Waals surface area contributed by atoms with Crippen molar-refractivity contribution in [3.63, 3.8) is 0 Å². The molecule has 78 valence electrons. The zero-order valence-electron chi connectivity index (χ0n) is 8.39. The van der Waals surface area contributed by atoms with Gasteiger partial charge >= 0.3 is 0 Å². The maximum atomic E-state index is 6.12. The minimum atomic E-state index is -0.230. The van der Waals surface area contributed by atoms with Crippen LogP contribution in [0.3, 0.4) is 0 Å². The fourth-order valence-electron chi connectivity index (χ4n) is 1.58. The molecule has 0 saturated carbocycles. The number of rotatable bonds is 2. The van der Waals surface area contributed by atoms with Gasteiger partial charge in [0.15, 0.2) is 0 Å². The van der Waals surface area contributed by atoms with Crippen molar-refractivity contribution in [2.45, 2.75) is 6.04 Å². The Kier molecular flexibility index (Phi) is 2.75. The summed E-state index contributed by atoms with van der Waals surface area (Å²) in [6.45, 7) is 0. The Hall–Kier alpha value is -1.32. The summed E-state index contributed by atoms with van der Waals surface area (Å²) in [4.78, 5) is 0. The fourth-order valence-corrected chi connectivity index (χ4v) is 1.83. The zero-order valence-corrected chi connectivity index (χ0v) is 9.15. The molecule has 0 aliphatic rings. The first-order valence-corrected chi connectivity index (χ1v) is 5.06. The molecule has 0 fully saturated rings. The Labute approximate surface area is 93.5 Å². The molecule has 0 aliphatic heterocycles. The SMILES string of the molecule is Cn1nccc1C(N)c1ccccc1Cl. The van der Waals surface area contributed by atoms with E-state index in [0.717, 1.165) is 11.3 Å². The molecular weight excluding hydrogens is 210 g/mol. The number of aromatic nitrogens is 2. The van der Waals surface area contributed by atoms with Gasteiger partial charge in [-0.2, -0.15) is 5.10 Å². The summed E-state index contributed by atoms with van der Waals surface area (Å²) >= 11 is 6.08. The maximum Gasteiger partial charge on any atom is 0.0737 e. The molecule has 0 spiro atoms. The summed E-state index contributed by atoms with van der Waals surface area (Å²) in [6.07, 6.45) is 1.73. The van der Waals surface area contributed by atoms with E-state index in [9.17, 15) is 0 Å². The Morgan fingerprint density at radius 1 is 1.33 bits per heavy atom. The van der Waals surface area contributed by atoms with E-state index < -0.39 is 0 Å². The second kappa shape index (κ2) is 4.04. The first-order chi connectivity index (χ1) is 7.20. The summed E-state index contributed by atoms with van der Waals surface area (Å²) in [5.74, 6) is 0. The maximum absolute atomic E-state index is 6.12. The summed E-state index contributed by atoms with van der Waals surface area (Å²) in [7, 11) is 1.87. The van der Waals surface area contributed by atoms with Crippen molar-refractivity contribution in [1.82, 2.24) is 9.78 Å². The van der Waals surface area contributed by atoms with Gasteiger partial charge in [-0.1, -0.05) is 29.8 Å². The summed E-state index contributed by atoms with van der Waals surface area (Å²) in [6, 6.07) is 9.26. The third-order valence-corrected chi connectivity index (χ3v) is 2.76. The van der Waals surface area contributed by atoms with Crippen molar-refractivity contribution < 1.29 is 0 Å². The van der Waals surface area contributed by atoms with Crippen molar-refractivity contribution in [1.29, 1.82) is 0 Å². The van der Waals surface area contributed by atoms with Gasteiger partial charge in [0.1, 0.15) is 0 Å². The van der Waals surface area contributed by atoms with Crippen LogP contribution in [0.2, 0.25) is 5.02 Å². The fraction of sp³-hybridized carbons (Fsp3) is 0.182. The highest BCUT2D eigenvalue weighted by Gasteiger charge is 2.14. The van der Waals surface area contributed by atoms with Crippen molar-refractivity contribution in [3.8, 4) is 0 Å². The molecule has 0 amide bonds. The number of hydrogen-bond acceptors (Lipinski definition) is 2. The van der Waals surface area contributed by atoms with Crippen LogP contribution < -0.4 is 5.73 Å². The Bertz CT molecular complexity index is 464. The molecule has 0 aliphatic carbocycles. The molecule has 1 heterocycles. The van der Waals surface area contributed by atoms with Gasteiger partial charge < -0.3 is 5.73 Å². The standard InChI is InChI=1S/C11H12ClN3/c1-15-10(6-7-14-15)11(13)8-4-2-3-5-9(8)12/h2-7,11H,13H2,1H3. The van der Waals surface area contributed by atoms with Gasteiger partial charge in [0.05, 0.1) is 11.7 Å². The van der Waals surface area contributed by atoms with Crippen LogP contribution in [0.25, 0.3) is 0 Å². The highest BCUT2D eigenvalue weighted by Crippen LogP contribution is 2.25. The lowest BCUT2D eigenvalue weighted by Crippen LogP contribution is -2.16. The van der Waals surface area contributed by atoms with Gasteiger partial charge in [0.2, 0.25) is 0 Å². The van der Waals surface area contributed by atoms with Crippen molar-refractivity contribution in [2.24, 2.45) is 12.8 Å². The highest BCUT2D eigenvalue weighted by molar-refractivity contribution is 6.31. The average Bonchev–Trinajstić information content (AvgIpc) is 2.64. The zero-order chi connectivity index (χ0) is 10.8. The molecule has 1 aromatic heterocycles. The monoisotopic (exact) mass is 221 g/mol. The number of halogens is 1. The number of nitrogens with two attached hydrogens (primary N) is 1. The number of hydrogen-bond donors (Lipinski definition) is 1. The summed E-state index contributed by atoms with van der Waals surface area (Å²) < 4.78 is 1.76.